The van der Waals surface area contributed by atoms with Crippen molar-refractivity contribution in [3.63, 3.8) is 0 Å². The Morgan fingerprint density at radius 1 is 0.381 bits per heavy atom. The molecule has 0 amide bonds. The van der Waals surface area contributed by atoms with E-state index in [2.05, 4.69) is 158 Å². The van der Waals surface area contributed by atoms with E-state index in [4.69, 9.17) is 0 Å². The van der Waals surface area contributed by atoms with Gasteiger partial charge in [0.2, 0.25) is 0 Å². The summed E-state index contributed by atoms with van der Waals surface area (Å²) < 4.78 is 0. The average Bonchev–Trinajstić information content (AvgIpc) is 3.36. The summed E-state index contributed by atoms with van der Waals surface area (Å²) in [7, 11) is 0. The van der Waals surface area contributed by atoms with E-state index in [1.54, 1.807) is 0 Å². The Kier molecular flexibility index (Phi) is 5.15. The first kappa shape index (κ1) is 23.8. The molecular weight excluding hydrogens is 525 g/mol. The third-order valence-corrected chi connectivity index (χ3v) is 10.2. The molecule has 7 aromatic rings. The van der Waals surface area contributed by atoms with Crippen LogP contribution in [0.25, 0.3) is 44.2 Å². The number of benzene rings is 7. The van der Waals surface area contributed by atoms with Gasteiger partial charge in [-0.05, 0) is 85.3 Å². The van der Waals surface area contributed by atoms with Gasteiger partial charge in [-0.2, -0.15) is 0 Å². The van der Waals surface area contributed by atoms with Crippen LogP contribution in [-0.2, 0) is 5.41 Å². The van der Waals surface area contributed by atoms with Crippen LogP contribution in [0.1, 0.15) is 22.3 Å². The van der Waals surface area contributed by atoms with Gasteiger partial charge in [-0.1, -0.05) is 145 Å². The molecule has 0 nitrogen and oxygen atoms in total. The maximum absolute atomic E-state index is 2.43. The maximum Gasteiger partial charge on any atom is 0.0713 e. The molecule has 1 heteroatoms. The first-order valence-electron chi connectivity index (χ1n) is 14.5. The fraction of sp³-hybridized carbons (Fsp3) is 0.0244. The van der Waals surface area contributed by atoms with Crippen LogP contribution >= 0.6 is 11.8 Å². The van der Waals surface area contributed by atoms with E-state index in [1.165, 1.54) is 76.2 Å². The minimum absolute atomic E-state index is 0.364. The number of hydrogen-bond donors (Lipinski definition) is 0. The molecule has 2 aliphatic rings. The largest absolute Gasteiger partial charge is 0.0888 e. The minimum atomic E-state index is -0.364. The van der Waals surface area contributed by atoms with Gasteiger partial charge in [-0.15, -0.1) is 0 Å². The van der Waals surface area contributed by atoms with E-state index in [0.29, 0.717) is 0 Å². The summed E-state index contributed by atoms with van der Waals surface area (Å²) >= 11 is 1.89. The molecule has 196 valence electrons. The Morgan fingerprint density at radius 2 is 1.02 bits per heavy atom. The summed E-state index contributed by atoms with van der Waals surface area (Å²) in [6.07, 6.45) is 0. The molecule has 1 aliphatic heterocycles. The molecule has 0 aromatic heterocycles. The number of hydrogen-bond acceptors (Lipinski definition) is 1. The minimum Gasteiger partial charge on any atom is -0.0888 e. The van der Waals surface area contributed by atoms with E-state index < -0.39 is 0 Å². The van der Waals surface area contributed by atoms with Gasteiger partial charge in [-0.25, -0.2) is 0 Å². The zero-order valence-corrected chi connectivity index (χ0v) is 23.7. The van der Waals surface area contributed by atoms with E-state index >= 15 is 0 Å². The summed E-state index contributed by atoms with van der Waals surface area (Å²) in [5.41, 5.74) is 12.7. The molecule has 0 radical (unpaired) electrons. The lowest BCUT2D eigenvalue weighted by molar-refractivity contribution is 0.768. The SMILES string of the molecule is c1ccc(C2(c3ccccc3)c3ccccc3-c3cc(-c4cc5c6c(cccc6c4)-c4ccccc4S5)ccc32)cc1. The Morgan fingerprint density at radius 3 is 1.81 bits per heavy atom. The molecule has 0 spiro atoms. The second kappa shape index (κ2) is 9.08. The second-order valence-electron chi connectivity index (χ2n) is 11.3. The van der Waals surface area contributed by atoms with Crippen LogP contribution in [0.3, 0.4) is 0 Å². The van der Waals surface area contributed by atoms with Crippen LogP contribution in [0.2, 0.25) is 0 Å². The molecule has 9 rings (SSSR count). The van der Waals surface area contributed by atoms with Crippen molar-refractivity contribution in [2.75, 3.05) is 0 Å². The molecule has 0 saturated heterocycles. The predicted octanol–water partition coefficient (Wildman–Crippen LogP) is 11.0. The summed E-state index contributed by atoms with van der Waals surface area (Å²) in [5, 5.41) is 2.66. The van der Waals surface area contributed by atoms with Crippen molar-refractivity contribution < 1.29 is 0 Å². The molecule has 0 atom stereocenters. The van der Waals surface area contributed by atoms with Crippen LogP contribution in [0.4, 0.5) is 0 Å². The molecule has 1 aliphatic carbocycles. The lowest BCUT2D eigenvalue weighted by atomic mass is 9.67. The molecule has 1 heterocycles. The van der Waals surface area contributed by atoms with Gasteiger partial charge in [0.05, 0.1) is 5.41 Å². The molecule has 0 N–H and O–H groups in total. The highest BCUT2D eigenvalue weighted by atomic mass is 32.2. The summed E-state index contributed by atoms with van der Waals surface area (Å²) in [5.74, 6) is 0. The third kappa shape index (κ3) is 3.26. The van der Waals surface area contributed by atoms with Crippen LogP contribution in [-0.4, -0.2) is 0 Å². The van der Waals surface area contributed by atoms with Crippen LogP contribution in [0.15, 0.2) is 168 Å². The zero-order valence-electron chi connectivity index (χ0n) is 22.9. The smallest absolute Gasteiger partial charge is 0.0713 e. The van der Waals surface area contributed by atoms with Gasteiger partial charge in [0.1, 0.15) is 0 Å². The standard InChI is InChI=1S/C41H26S/c1-3-13-30(14-4-1)41(31-15-5-2-6-16-31)36-20-9-7-17-32(36)35-25-27(22-23-37(35)41)29-24-28-12-11-19-34-33-18-8-10-21-38(33)42-39(26-29)40(28)34/h1-26H. The molecule has 42 heavy (non-hydrogen) atoms. The monoisotopic (exact) mass is 550 g/mol. The Labute approximate surface area is 250 Å². The molecule has 0 saturated carbocycles. The van der Waals surface area contributed by atoms with E-state index in [1.807, 2.05) is 11.8 Å². The van der Waals surface area contributed by atoms with Crippen LogP contribution < -0.4 is 0 Å². The second-order valence-corrected chi connectivity index (χ2v) is 12.3. The molecule has 7 aromatic carbocycles. The van der Waals surface area contributed by atoms with Crippen molar-refractivity contribution in [3.8, 4) is 33.4 Å². The Bertz CT molecular complexity index is 2120. The van der Waals surface area contributed by atoms with Gasteiger partial charge in [0.25, 0.3) is 0 Å². The predicted molar refractivity (Wildman–Crippen MR) is 176 cm³/mol. The first-order valence-corrected chi connectivity index (χ1v) is 15.3. The number of fused-ring (bicyclic) bond motifs is 5. The Balaban J connectivity index is 1.29. The molecule has 0 fully saturated rings. The molecule has 0 unspecified atom stereocenters. The fourth-order valence-corrected chi connectivity index (χ4v) is 8.57. The Hall–Kier alpha value is -4.85. The molecule has 0 bridgehead atoms. The van der Waals surface area contributed by atoms with Gasteiger partial charge < -0.3 is 0 Å². The summed E-state index contributed by atoms with van der Waals surface area (Å²) in [6, 6.07) is 58.5. The van der Waals surface area contributed by atoms with Crippen molar-refractivity contribution in [3.05, 3.63) is 180 Å². The quantitative estimate of drug-likeness (QED) is 0.211. The van der Waals surface area contributed by atoms with E-state index in [9.17, 15) is 0 Å². The average molecular weight is 551 g/mol. The highest BCUT2D eigenvalue weighted by Crippen LogP contribution is 2.57. The van der Waals surface area contributed by atoms with Crippen molar-refractivity contribution in [2.45, 2.75) is 15.2 Å². The van der Waals surface area contributed by atoms with Gasteiger partial charge >= 0.3 is 0 Å². The molecular formula is C41H26S. The summed E-state index contributed by atoms with van der Waals surface area (Å²) in [6.45, 7) is 0. The third-order valence-electron chi connectivity index (χ3n) is 9.13. The lowest BCUT2D eigenvalue weighted by Crippen LogP contribution is -2.28. The normalized spacial score (nSPS) is 13.8. The van der Waals surface area contributed by atoms with Gasteiger partial charge in [0, 0.05) is 15.2 Å². The van der Waals surface area contributed by atoms with E-state index in [-0.39, 0.29) is 5.41 Å². The van der Waals surface area contributed by atoms with Crippen molar-refractivity contribution in [2.24, 2.45) is 0 Å². The fourth-order valence-electron chi connectivity index (χ4n) is 7.38. The van der Waals surface area contributed by atoms with Gasteiger partial charge in [0.15, 0.2) is 0 Å². The van der Waals surface area contributed by atoms with Crippen molar-refractivity contribution in [1.82, 2.24) is 0 Å². The van der Waals surface area contributed by atoms with E-state index in [0.717, 1.165) is 0 Å². The van der Waals surface area contributed by atoms with Crippen LogP contribution in [0.5, 0.6) is 0 Å². The highest BCUT2D eigenvalue weighted by molar-refractivity contribution is 7.99. The maximum atomic E-state index is 2.43. The first-order chi connectivity index (χ1) is 20.8. The zero-order chi connectivity index (χ0) is 27.7. The van der Waals surface area contributed by atoms with Crippen molar-refractivity contribution >= 4 is 22.5 Å². The van der Waals surface area contributed by atoms with Crippen LogP contribution in [0, 0.1) is 0 Å². The van der Waals surface area contributed by atoms with Crippen molar-refractivity contribution in [1.29, 1.82) is 0 Å². The summed E-state index contributed by atoms with van der Waals surface area (Å²) in [4.78, 5) is 2.66. The number of rotatable bonds is 3. The lowest BCUT2D eigenvalue weighted by Gasteiger charge is -2.33. The topological polar surface area (TPSA) is 0 Å². The van der Waals surface area contributed by atoms with Gasteiger partial charge in [-0.3, -0.25) is 0 Å². The highest BCUT2D eigenvalue weighted by Gasteiger charge is 2.45.